The number of anilines is 1. The Labute approximate surface area is 177 Å². The maximum absolute atomic E-state index is 13.4. The summed E-state index contributed by atoms with van der Waals surface area (Å²) < 4.78 is 28.0. The van der Waals surface area contributed by atoms with Crippen molar-refractivity contribution in [3.63, 3.8) is 0 Å². The van der Waals surface area contributed by atoms with Gasteiger partial charge in [-0.1, -0.05) is 66.7 Å². The quantitative estimate of drug-likeness (QED) is 0.609. The zero-order valence-electron chi connectivity index (χ0n) is 16.8. The number of benzene rings is 3. The lowest BCUT2D eigenvalue weighted by Crippen LogP contribution is -2.44. The first-order valence-electron chi connectivity index (χ1n) is 9.96. The molecule has 1 aliphatic rings. The van der Waals surface area contributed by atoms with E-state index in [2.05, 4.69) is 0 Å². The molecule has 30 heavy (non-hydrogen) atoms. The van der Waals surface area contributed by atoms with Crippen molar-refractivity contribution in [2.45, 2.75) is 30.8 Å². The second-order valence-electron chi connectivity index (χ2n) is 7.52. The van der Waals surface area contributed by atoms with Crippen molar-refractivity contribution in [3.8, 4) is 0 Å². The summed E-state index contributed by atoms with van der Waals surface area (Å²) in [7, 11) is -3.83. The van der Waals surface area contributed by atoms with Gasteiger partial charge in [0.1, 0.15) is 0 Å². The van der Waals surface area contributed by atoms with Gasteiger partial charge in [0.25, 0.3) is 0 Å². The average molecular weight is 421 g/mol. The molecule has 0 saturated carbocycles. The van der Waals surface area contributed by atoms with Crippen LogP contribution in [-0.4, -0.2) is 31.2 Å². The van der Waals surface area contributed by atoms with Crippen LogP contribution in [0.1, 0.15) is 18.1 Å². The summed E-state index contributed by atoms with van der Waals surface area (Å²) in [5.74, 6) is -0.220. The fraction of sp³-hybridized carbons (Fsp3) is 0.208. The van der Waals surface area contributed by atoms with Crippen LogP contribution in [0.4, 0.5) is 5.69 Å². The molecule has 1 heterocycles. The Morgan fingerprint density at radius 2 is 1.53 bits per heavy atom. The Kier molecular flexibility index (Phi) is 5.70. The Balaban J connectivity index is 1.66. The van der Waals surface area contributed by atoms with Crippen LogP contribution in [-0.2, 0) is 27.8 Å². The monoisotopic (exact) mass is 420 g/mol. The van der Waals surface area contributed by atoms with Gasteiger partial charge in [-0.3, -0.25) is 4.79 Å². The molecule has 6 heteroatoms. The van der Waals surface area contributed by atoms with Crippen LogP contribution in [0.3, 0.4) is 0 Å². The summed E-state index contributed by atoms with van der Waals surface area (Å²) in [5.41, 5.74) is 2.81. The molecule has 0 N–H and O–H groups in total. The van der Waals surface area contributed by atoms with Crippen LogP contribution in [0, 0.1) is 0 Å². The van der Waals surface area contributed by atoms with Crippen LogP contribution in [0.2, 0.25) is 0 Å². The lowest BCUT2D eigenvalue weighted by Gasteiger charge is -2.27. The van der Waals surface area contributed by atoms with E-state index < -0.39 is 10.0 Å². The molecule has 154 valence electrons. The Bertz CT molecular complexity index is 1130. The summed E-state index contributed by atoms with van der Waals surface area (Å²) >= 11 is 0. The molecule has 0 bridgehead atoms. The molecular formula is C24H24N2O3S. The molecule has 1 aliphatic heterocycles. The van der Waals surface area contributed by atoms with Gasteiger partial charge in [0.15, 0.2) is 0 Å². The molecule has 0 saturated heterocycles. The molecule has 1 amide bonds. The standard InChI is InChI=1S/C24H24N2O3S/c1-19-16-21-12-8-9-15-23(21)26(19)24(27)18-25(17-20-10-4-2-5-11-20)30(28,29)22-13-6-3-7-14-22/h2-15,19H,16-18H2,1H3/t19-/m0/s1. The summed E-state index contributed by atoms with van der Waals surface area (Å²) in [6.45, 7) is 1.91. The van der Waals surface area contributed by atoms with Crippen molar-refractivity contribution in [2.24, 2.45) is 0 Å². The first kappa shape index (κ1) is 20.3. The molecule has 5 nitrogen and oxygen atoms in total. The SMILES string of the molecule is C[C@H]1Cc2ccccc2N1C(=O)CN(Cc1ccccc1)S(=O)(=O)c1ccccc1. The molecule has 0 unspecified atom stereocenters. The average Bonchev–Trinajstić information content (AvgIpc) is 3.10. The molecule has 0 aromatic heterocycles. The highest BCUT2D eigenvalue weighted by molar-refractivity contribution is 7.89. The third-order valence-electron chi connectivity index (χ3n) is 5.37. The number of para-hydroxylation sites is 1. The van der Waals surface area contributed by atoms with Crippen molar-refractivity contribution in [1.82, 2.24) is 4.31 Å². The van der Waals surface area contributed by atoms with Crippen LogP contribution in [0.25, 0.3) is 0 Å². The first-order chi connectivity index (χ1) is 14.5. The van der Waals surface area contributed by atoms with Gasteiger partial charge < -0.3 is 4.90 Å². The number of carbonyl (C=O) groups is 1. The van der Waals surface area contributed by atoms with Crippen molar-refractivity contribution in [3.05, 3.63) is 96.1 Å². The topological polar surface area (TPSA) is 57.7 Å². The Morgan fingerprint density at radius 3 is 2.23 bits per heavy atom. The predicted molar refractivity (Wildman–Crippen MR) is 118 cm³/mol. The number of rotatable bonds is 6. The molecule has 0 spiro atoms. The number of carbonyl (C=O) groups excluding carboxylic acids is 1. The number of amides is 1. The molecule has 0 fully saturated rings. The normalized spacial score (nSPS) is 15.9. The Hall–Kier alpha value is -2.96. The maximum Gasteiger partial charge on any atom is 0.243 e. The lowest BCUT2D eigenvalue weighted by atomic mass is 10.1. The zero-order valence-corrected chi connectivity index (χ0v) is 17.6. The minimum Gasteiger partial charge on any atom is -0.308 e. The van der Waals surface area contributed by atoms with Crippen LogP contribution in [0.15, 0.2) is 89.8 Å². The number of nitrogens with zero attached hydrogens (tertiary/aromatic N) is 2. The summed E-state index contributed by atoms with van der Waals surface area (Å²) in [6.07, 6.45) is 0.770. The molecule has 4 rings (SSSR count). The van der Waals surface area contributed by atoms with E-state index in [4.69, 9.17) is 0 Å². The number of sulfonamides is 1. The molecule has 3 aromatic rings. The van der Waals surface area contributed by atoms with E-state index >= 15 is 0 Å². The van der Waals surface area contributed by atoms with Gasteiger partial charge >= 0.3 is 0 Å². The van der Waals surface area contributed by atoms with Crippen molar-refractivity contribution in [1.29, 1.82) is 0 Å². The predicted octanol–water partition coefficient (Wildman–Crippen LogP) is 3.86. The number of fused-ring (bicyclic) bond motifs is 1. The van der Waals surface area contributed by atoms with Gasteiger partial charge in [0, 0.05) is 18.3 Å². The maximum atomic E-state index is 13.4. The van der Waals surface area contributed by atoms with Crippen LogP contribution < -0.4 is 4.90 Å². The Morgan fingerprint density at radius 1 is 0.933 bits per heavy atom. The van der Waals surface area contributed by atoms with Crippen molar-refractivity contribution < 1.29 is 13.2 Å². The van der Waals surface area contributed by atoms with Crippen molar-refractivity contribution in [2.75, 3.05) is 11.4 Å². The third kappa shape index (κ3) is 4.01. The van der Waals surface area contributed by atoms with Gasteiger partial charge in [-0.2, -0.15) is 4.31 Å². The molecule has 0 aliphatic carbocycles. The highest BCUT2D eigenvalue weighted by Crippen LogP contribution is 2.32. The highest BCUT2D eigenvalue weighted by Gasteiger charge is 2.34. The second kappa shape index (κ2) is 8.42. The summed E-state index contributed by atoms with van der Waals surface area (Å²) in [6, 6.07) is 25.4. The minimum absolute atomic E-state index is 0.00657. The van der Waals surface area contributed by atoms with Crippen LogP contribution in [0.5, 0.6) is 0 Å². The molecule has 0 radical (unpaired) electrons. The van der Waals surface area contributed by atoms with Crippen molar-refractivity contribution >= 4 is 21.6 Å². The van der Waals surface area contributed by atoms with E-state index in [-0.39, 0.29) is 29.9 Å². The zero-order chi connectivity index (χ0) is 21.1. The van der Waals surface area contributed by atoms with Crippen LogP contribution >= 0.6 is 0 Å². The van der Waals surface area contributed by atoms with E-state index in [1.165, 1.54) is 4.31 Å². The smallest absolute Gasteiger partial charge is 0.243 e. The third-order valence-corrected chi connectivity index (χ3v) is 7.18. The van der Waals surface area contributed by atoms with Gasteiger partial charge in [-0.25, -0.2) is 8.42 Å². The van der Waals surface area contributed by atoms with E-state index in [0.29, 0.717) is 0 Å². The largest absolute Gasteiger partial charge is 0.308 e. The highest BCUT2D eigenvalue weighted by atomic mass is 32.2. The summed E-state index contributed by atoms with van der Waals surface area (Å²) in [5, 5.41) is 0. The molecular weight excluding hydrogens is 396 g/mol. The number of hydrogen-bond acceptors (Lipinski definition) is 3. The van der Waals surface area contributed by atoms with E-state index in [1.54, 1.807) is 35.2 Å². The minimum atomic E-state index is -3.83. The van der Waals surface area contributed by atoms with E-state index in [9.17, 15) is 13.2 Å². The van der Waals surface area contributed by atoms with E-state index in [0.717, 1.165) is 23.2 Å². The molecule has 1 atom stereocenters. The fourth-order valence-corrected chi connectivity index (χ4v) is 5.33. The van der Waals surface area contributed by atoms with Gasteiger partial charge in [0.2, 0.25) is 15.9 Å². The van der Waals surface area contributed by atoms with Gasteiger partial charge in [-0.05, 0) is 42.7 Å². The van der Waals surface area contributed by atoms with E-state index in [1.807, 2.05) is 61.5 Å². The number of hydrogen-bond donors (Lipinski definition) is 0. The molecule has 3 aromatic carbocycles. The summed E-state index contributed by atoms with van der Waals surface area (Å²) in [4.78, 5) is 15.2. The lowest BCUT2D eigenvalue weighted by molar-refractivity contribution is -0.119. The second-order valence-corrected chi connectivity index (χ2v) is 9.46. The van der Waals surface area contributed by atoms with Gasteiger partial charge in [-0.15, -0.1) is 0 Å². The first-order valence-corrected chi connectivity index (χ1v) is 11.4. The van der Waals surface area contributed by atoms with Gasteiger partial charge in [0.05, 0.1) is 11.4 Å². The fourth-order valence-electron chi connectivity index (χ4n) is 3.93.